The van der Waals surface area contributed by atoms with Gasteiger partial charge in [-0.2, -0.15) is 15.0 Å². The lowest BCUT2D eigenvalue weighted by molar-refractivity contribution is -0.137. The van der Waals surface area contributed by atoms with Crippen molar-refractivity contribution in [2.75, 3.05) is 17.2 Å². The molecule has 1 heterocycles. The number of aliphatic carboxylic acids is 1. The number of hydrogen-bond acceptors (Lipinski definition) is 6. The number of aromatic nitrogens is 3. The standard InChI is InChI=1S/C9H14ClN5O2/c1-3-11-8-13-7(10)14-9(15-8)12-5(2)4-6(16)17/h5H,3-4H2,1-2H3,(H,16,17)(H2,11,12,13,14,15). The second-order valence-electron chi connectivity index (χ2n) is 3.43. The number of carboxylic acid groups (broad SMARTS) is 1. The van der Waals surface area contributed by atoms with Gasteiger partial charge in [-0.25, -0.2) is 0 Å². The van der Waals surface area contributed by atoms with E-state index in [9.17, 15) is 4.79 Å². The Balaban J connectivity index is 2.72. The number of anilines is 2. The van der Waals surface area contributed by atoms with Gasteiger partial charge in [0.05, 0.1) is 6.42 Å². The zero-order chi connectivity index (χ0) is 12.8. The van der Waals surface area contributed by atoms with Crippen molar-refractivity contribution in [1.82, 2.24) is 15.0 Å². The largest absolute Gasteiger partial charge is 0.481 e. The van der Waals surface area contributed by atoms with E-state index in [2.05, 4.69) is 25.6 Å². The minimum absolute atomic E-state index is 0.0279. The molecule has 0 radical (unpaired) electrons. The fourth-order valence-corrected chi connectivity index (χ4v) is 1.35. The van der Waals surface area contributed by atoms with Gasteiger partial charge in [-0.1, -0.05) is 0 Å². The highest BCUT2D eigenvalue weighted by atomic mass is 35.5. The molecule has 0 amide bonds. The predicted molar refractivity (Wildman–Crippen MR) is 64.3 cm³/mol. The molecular weight excluding hydrogens is 246 g/mol. The van der Waals surface area contributed by atoms with Crippen LogP contribution in [-0.4, -0.2) is 38.6 Å². The maximum absolute atomic E-state index is 10.5. The van der Waals surface area contributed by atoms with Crippen LogP contribution in [0.1, 0.15) is 20.3 Å². The van der Waals surface area contributed by atoms with E-state index < -0.39 is 5.97 Å². The van der Waals surface area contributed by atoms with Crippen LogP contribution in [-0.2, 0) is 4.79 Å². The van der Waals surface area contributed by atoms with Crippen molar-refractivity contribution in [2.45, 2.75) is 26.3 Å². The van der Waals surface area contributed by atoms with Crippen LogP contribution < -0.4 is 10.6 Å². The fraction of sp³-hybridized carbons (Fsp3) is 0.556. The Morgan fingerprint density at radius 2 is 2.06 bits per heavy atom. The van der Waals surface area contributed by atoms with Gasteiger partial charge in [-0.3, -0.25) is 4.79 Å². The summed E-state index contributed by atoms with van der Waals surface area (Å²) in [6.07, 6.45) is -0.0279. The molecule has 7 nitrogen and oxygen atoms in total. The zero-order valence-corrected chi connectivity index (χ0v) is 10.3. The van der Waals surface area contributed by atoms with Crippen LogP contribution >= 0.6 is 11.6 Å². The maximum Gasteiger partial charge on any atom is 0.305 e. The second kappa shape index (κ2) is 6.19. The molecule has 0 bridgehead atoms. The smallest absolute Gasteiger partial charge is 0.305 e. The molecule has 17 heavy (non-hydrogen) atoms. The van der Waals surface area contributed by atoms with Crippen molar-refractivity contribution in [3.63, 3.8) is 0 Å². The van der Waals surface area contributed by atoms with Crippen LogP contribution in [0.4, 0.5) is 11.9 Å². The highest BCUT2D eigenvalue weighted by Crippen LogP contribution is 2.10. The van der Waals surface area contributed by atoms with Crippen molar-refractivity contribution in [3.05, 3.63) is 5.28 Å². The maximum atomic E-state index is 10.5. The van der Waals surface area contributed by atoms with Gasteiger partial charge >= 0.3 is 5.97 Å². The second-order valence-corrected chi connectivity index (χ2v) is 3.76. The van der Waals surface area contributed by atoms with E-state index in [-0.39, 0.29) is 23.7 Å². The van der Waals surface area contributed by atoms with Crippen LogP contribution in [0.2, 0.25) is 5.28 Å². The number of rotatable bonds is 6. The Kier molecular flexibility index (Phi) is 4.89. The average molecular weight is 260 g/mol. The lowest BCUT2D eigenvalue weighted by Crippen LogP contribution is -2.21. The molecule has 1 rings (SSSR count). The van der Waals surface area contributed by atoms with E-state index in [4.69, 9.17) is 16.7 Å². The van der Waals surface area contributed by atoms with Gasteiger partial charge in [0.1, 0.15) is 0 Å². The molecule has 0 aromatic carbocycles. The number of halogens is 1. The van der Waals surface area contributed by atoms with Crippen molar-refractivity contribution in [1.29, 1.82) is 0 Å². The van der Waals surface area contributed by atoms with Crippen molar-refractivity contribution < 1.29 is 9.90 Å². The molecule has 0 saturated carbocycles. The van der Waals surface area contributed by atoms with Crippen molar-refractivity contribution >= 4 is 29.5 Å². The Morgan fingerprint density at radius 3 is 2.65 bits per heavy atom. The summed E-state index contributed by atoms with van der Waals surface area (Å²) in [7, 11) is 0. The Bertz CT molecular complexity index is 401. The molecule has 1 aromatic rings. The molecule has 1 atom stereocenters. The van der Waals surface area contributed by atoms with Gasteiger partial charge < -0.3 is 15.7 Å². The first-order valence-corrected chi connectivity index (χ1v) is 5.52. The molecule has 1 unspecified atom stereocenters. The normalized spacial score (nSPS) is 11.9. The average Bonchev–Trinajstić information content (AvgIpc) is 2.14. The van der Waals surface area contributed by atoms with E-state index in [1.807, 2.05) is 6.92 Å². The van der Waals surface area contributed by atoms with Crippen molar-refractivity contribution in [2.24, 2.45) is 0 Å². The first-order chi connectivity index (χ1) is 8.01. The highest BCUT2D eigenvalue weighted by molar-refractivity contribution is 6.28. The molecule has 0 aliphatic heterocycles. The van der Waals surface area contributed by atoms with Crippen LogP contribution in [0, 0.1) is 0 Å². The summed E-state index contributed by atoms with van der Waals surface area (Å²) in [5.41, 5.74) is 0. The van der Waals surface area contributed by atoms with E-state index in [1.54, 1.807) is 6.92 Å². The van der Waals surface area contributed by atoms with E-state index in [1.165, 1.54) is 0 Å². The van der Waals surface area contributed by atoms with Crippen LogP contribution in [0.15, 0.2) is 0 Å². The Morgan fingerprint density at radius 1 is 1.41 bits per heavy atom. The lowest BCUT2D eigenvalue weighted by Gasteiger charge is -2.12. The zero-order valence-electron chi connectivity index (χ0n) is 9.57. The first-order valence-electron chi connectivity index (χ1n) is 5.15. The molecular formula is C9H14ClN5O2. The summed E-state index contributed by atoms with van der Waals surface area (Å²) in [6.45, 7) is 4.28. The van der Waals surface area contributed by atoms with Crippen LogP contribution in [0.25, 0.3) is 0 Å². The van der Waals surface area contributed by atoms with Gasteiger partial charge in [-0.05, 0) is 25.4 Å². The number of hydrogen-bond donors (Lipinski definition) is 3. The van der Waals surface area contributed by atoms with E-state index in [0.29, 0.717) is 12.5 Å². The third-order valence-electron chi connectivity index (χ3n) is 1.80. The van der Waals surface area contributed by atoms with Gasteiger partial charge in [0.2, 0.25) is 17.2 Å². The molecule has 0 aliphatic rings. The van der Waals surface area contributed by atoms with Crippen molar-refractivity contribution in [3.8, 4) is 0 Å². The summed E-state index contributed by atoms with van der Waals surface area (Å²) < 4.78 is 0. The van der Waals surface area contributed by atoms with Crippen LogP contribution in [0.5, 0.6) is 0 Å². The summed E-state index contributed by atoms with van der Waals surface area (Å²) >= 11 is 5.72. The molecule has 1 aromatic heterocycles. The number of nitrogens with zero attached hydrogens (tertiary/aromatic N) is 3. The molecule has 0 saturated heterocycles. The first kappa shape index (κ1) is 13.4. The topological polar surface area (TPSA) is 100 Å². The SMILES string of the molecule is CCNc1nc(Cl)nc(NC(C)CC(=O)O)n1. The molecule has 0 spiro atoms. The third-order valence-corrected chi connectivity index (χ3v) is 1.97. The summed E-state index contributed by atoms with van der Waals surface area (Å²) in [5.74, 6) is -0.274. The van der Waals surface area contributed by atoms with E-state index >= 15 is 0 Å². The monoisotopic (exact) mass is 259 g/mol. The minimum Gasteiger partial charge on any atom is -0.481 e. The van der Waals surface area contributed by atoms with Gasteiger partial charge in [0.25, 0.3) is 0 Å². The molecule has 0 fully saturated rings. The summed E-state index contributed by atoms with van der Waals surface area (Å²) in [6, 6.07) is -0.291. The number of carboxylic acids is 1. The van der Waals surface area contributed by atoms with Crippen LogP contribution in [0.3, 0.4) is 0 Å². The quantitative estimate of drug-likeness (QED) is 0.706. The predicted octanol–water partition coefficient (Wildman–Crippen LogP) is 1.23. The molecule has 94 valence electrons. The lowest BCUT2D eigenvalue weighted by atomic mass is 10.2. The van der Waals surface area contributed by atoms with Gasteiger partial charge in [0.15, 0.2) is 0 Å². The summed E-state index contributed by atoms with van der Waals surface area (Å²) in [5, 5.41) is 14.4. The minimum atomic E-state index is -0.892. The molecule has 3 N–H and O–H groups in total. The van der Waals surface area contributed by atoms with Gasteiger partial charge in [0, 0.05) is 12.6 Å². The third kappa shape index (κ3) is 4.81. The summed E-state index contributed by atoms with van der Waals surface area (Å²) in [4.78, 5) is 22.3. The molecule has 0 aliphatic carbocycles. The highest BCUT2D eigenvalue weighted by Gasteiger charge is 2.10. The number of carbonyl (C=O) groups is 1. The molecule has 8 heteroatoms. The van der Waals surface area contributed by atoms with Gasteiger partial charge in [-0.15, -0.1) is 0 Å². The fourth-order valence-electron chi connectivity index (χ4n) is 1.19. The number of nitrogens with one attached hydrogen (secondary N) is 2. The Labute approximate surface area is 104 Å². The Hall–Kier alpha value is -1.63. The van der Waals surface area contributed by atoms with E-state index in [0.717, 1.165) is 0 Å².